The molecule has 0 aliphatic heterocycles. The van der Waals surface area contributed by atoms with Gasteiger partial charge in [-0.25, -0.2) is 0 Å². The average Bonchev–Trinajstić information content (AvgIpc) is 2.34. The van der Waals surface area contributed by atoms with E-state index in [2.05, 4.69) is 5.16 Å². The SMILES string of the molecule is CCOCCOc1ccc(/C(N)=N/O)c(C)c1. The first-order valence-corrected chi connectivity index (χ1v) is 5.48. The summed E-state index contributed by atoms with van der Waals surface area (Å²) in [6.07, 6.45) is 0. The zero-order valence-electron chi connectivity index (χ0n) is 10.1. The lowest BCUT2D eigenvalue weighted by molar-refractivity contribution is 0.110. The Bertz CT molecular complexity index is 391. The van der Waals surface area contributed by atoms with Gasteiger partial charge in [0.1, 0.15) is 12.4 Å². The van der Waals surface area contributed by atoms with Crippen LogP contribution < -0.4 is 10.5 Å². The van der Waals surface area contributed by atoms with E-state index in [1.165, 1.54) is 0 Å². The Morgan fingerprint density at radius 2 is 2.18 bits per heavy atom. The Labute approximate surface area is 101 Å². The van der Waals surface area contributed by atoms with Crippen LogP contribution in [0.4, 0.5) is 0 Å². The lowest BCUT2D eigenvalue weighted by Gasteiger charge is -2.09. The maximum Gasteiger partial charge on any atom is 0.170 e. The predicted octanol–water partition coefficient (Wildman–Crippen LogP) is 1.50. The van der Waals surface area contributed by atoms with Crippen LogP contribution in [-0.4, -0.2) is 30.9 Å². The van der Waals surface area contributed by atoms with E-state index in [9.17, 15) is 0 Å². The second-order valence-electron chi connectivity index (χ2n) is 3.51. The summed E-state index contributed by atoms with van der Waals surface area (Å²) >= 11 is 0. The summed E-state index contributed by atoms with van der Waals surface area (Å²) in [4.78, 5) is 0. The molecule has 0 saturated carbocycles. The number of oxime groups is 1. The number of ether oxygens (including phenoxy) is 2. The van der Waals surface area contributed by atoms with E-state index in [0.717, 1.165) is 11.3 Å². The average molecular weight is 238 g/mol. The molecule has 94 valence electrons. The molecule has 0 saturated heterocycles. The molecule has 0 unspecified atom stereocenters. The maximum atomic E-state index is 8.60. The number of nitrogens with two attached hydrogens (primary N) is 1. The molecule has 0 bridgehead atoms. The Morgan fingerprint density at radius 1 is 1.41 bits per heavy atom. The van der Waals surface area contributed by atoms with Gasteiger partial charge in [0.2, 0.25) is 0 Å². The van der Waals surface area contributed by atoms with E-state index in [1.54, 1.807) is 12.1 Å². The molecule has 0 aliphatic carbocycles. The number of benzene rings is 1. The van der Waals surface area contributed by atoms with Gasteiger partial charge in [0.25, 0.3) is 0 Å². The largest absolute Gasteiger partial charge is 0.491 e. The molecular formula is C12H18N2O3. The third-order valence-electron chi connectivity index (χ3n) is 2.28. The van der Waals surface area contributed by atoms with Crippen LogP contribution in [0.25, 0.3) is 0 Å². The van der Waals surface area contributed by atoms with Crippen LogP contribution in [-0.2, 0) is 4.74 Å². The summed E-state index contributed by atoms with van der Waals surface area (Å²) in [6.45, 7) is 5.58. The second kappa shape index (κ2) is 6.75. The molecule has 0 amide bonds. The van der Waals surface area contributed by atoms with Crippen molar-refractivity contribution in [2.45, 2.75) is 13.8 Å². The topological polar surface area (TPSA) is 77.1 Å². The molecule has 0 fully saturated rings. The van der Waals surface area contributed by atoms with Crippen molar-refractivity contribution in [1.82, 2.24) is 0 Å². The molecule has 5 nitrogen and oxygen atoms in total. The third-order valence-corrected chi connectivity index (χ3v) is 2.28. The highest BCUT2D eigenvalue weighted by Gasteiger charge is 2.05. The van der Waals surface area contributed by atoms with Crippen molar-refractivity contribution < 1.29 is 14.7 Å². The molecule has 3 N–H and O–H groups in total. The highest BCUT2D eigenvalue weighted by atomic mass is 16.5. The fourth-order valence-electron chi connectivity index (χ4n) is 1.43. The molecule has 5 heteroatoms. The maximum absolute atomic E-state index is 8.60. The Balaban J connectivity index is 2.63. The van der Waals surface area contributed by atoms with Gasteiger partial charge in [-0.3, -0.25) is 0 Å². The van der Waals surface area contributed by atoms with Crippen molar-refractivity contribution in [2.75, 3.05) is 19.8 Å². The monoisotopic (exact) mass is 238 g/mol. The zero-order valence-corrected chi connectivity index (χ0v) is 10.1. The molecule has 1 aromatic carbocycles. The molecule has 1 aromatic rings. The van der Waals surface area contributed by atoms with Crippen molar-refractivity contribution in [1.29, 1.82) is 0 Å². The van der Waals surface area contributed by atoms with Gasteiger partial charge in [0.15, 0.2) is 5.84 Å². The molecular weight excluding hydrogens is 220 g/mol. The van der Waals surface area contributed by atoms with Gasteiger partial charge in [0.05, 0.1) is 6.61 Å². The fraction of sp³-hybridized carbons (Fsp3) is 0.417. The molecule has 1 rings (SSSR count). The van der Waals surface area contributed by atoms with Crippen LogP contribution in [0.3, 0.4) is 0 Å². The lowest BCUT2D eigenvalue weighted by atomic mass is 10.1. The van der Waals surface area contributed by atoms with Gasteiger partial charge in [-0.15, -0.1) is 0 Å². The van der Waals surface area contributed by atoms with Crippen molar-refractivity contribution in [3.63, 3.8) is 0 Å². The Hall–Kier alpha value is -1.75. The molecule has 17 heavy (non-hydrogen) atoms. The standard InChI is InChI=1S/C12H18N2O3/c1-3-16-6-7-17-10-4-5-11(9(2)8-10)12(13)14-15/h4-5,8,15H,3,6-7H2,1-2H3,(H2,13,14). The summed E-state index contributed by atoms with van der Waals surface area (Å²) in [7, 11) is 0. The number of aryl methyl sites for hydroxylation is 1. The molecule has 0 spiro atoms. The highest BCUT2D eigenvalue weighted by Crippen LogP contribution is 2.17. The zero-order chi connectivity index (χ0) is 12.7. The molecule has 0 atom stereocenters. The number of amidine groups is 1. The minimum atomic E-state index is 0.100. The summed E-state index contributed by atoms with van der Waals surface area (Å²) in [6, 6.07) is 5.39. The van der Waals surface area contributed by atoms with E-state index < -0.39 is 0 Å². The first-order chi connectivity index (χ1) is 8.19. The molecule has 0 heterocycles. The van der Waals surface area contributed by atoms with Crippen LogP contribution in [0.5, 0.6) is 5.75 Å². The quantitative estimate of drug-likeness (QED) is 0.259. The van der Waals surface area contributed by atoms with E-state index in [4.69, 9.17) is 20.4 Å². The van der Waals surface area contributed by atoms with Gasteiger partial charge >= 0.3 is 0 Å². The predicted molar refractivity (Wildman–Crippen MR) is 65.7 cm³/mol. The number of rotatable bonds is 6. The normalized spacial score (nSPS) is 11.5. The van der Waals surface area contributed by atoms with Gasteiger partial charge < -0.3 is 20.4 Å². The summed E-state index contributed by atoms with van der Waals surface area (Å²) in [5, 5.41) is 11.6. The Morgan fingerprint density at radius 3 is 2.76 bits per heavy atom. The summed E-state index contributed by atoms with van der Waals surface area (Å²) in [5.41, 5.74) is 7.12. The van der Waals surface area contributed by atoms with Crippen molar-refractivity contribution in [3.05, 3.63) is 29.3 Å². The van der Waals surface area contributed by atoms with Crippen LogP contribution in [0.1, 0.15) is 18.1 Å². The van der Waals surface area contributed by atoms with E-state index >= 15 is 0 Å². The van der Waals surface area contributed by atoms with Gasteiger partial charge in [-0.1, -0.05) is 5.16 Å². The van der Waals surface area contributed by atoms with Crippen LogP contribution >= 0.6 is 0 Å². The number of hydrogen-bond donors (Lipinski definition) is 2. The van der Waals surface area contributed by atoms with Crippen molar-refractivity contribution in [2.24, 2.45) is 10.9 Å². The second-order valence-corrected chi connectivity index (χ2v) is 3.51. The highest BCUT2D eigenvalue weighted by molar-refractivity contribution is 5.98. The lowest BCUT2D eigenvalue weighted by Crippen LogP contribution is -2.14. The fourth-order valence-corrected chi connectivity index (χ4v) is 1.43. The molecule has 0 radical (unpaired) electrons. The van der Waals surface area contributed by atoms with E-state index in [1.807, 2.05) is 19.9 Å². The first kappa shape index (κ1) is 13.3. The van der Waals surface area contributed by atoms with Gasteiger partial charge in [-0.05, 0) is 37.6 Å². The van der Waals surface area contributed by atoms with Gasteiger partial charge in [-0.2, -0.15) is 0 Å². The number of nitrogens with zero attached hydrogens (tertiary/aromatic N) is 1. The molecule has 0 aliphatic rings. The summed E-state index contributed by atoms with van der Waals surface area (Å²) in [5.74, 6) is 0.847. The minimum absolute atomic E-state index is 0.100. The van der Waals surface area contributed by atoms with Crippen LogP contribution in [0, 0.1) is 6.92 Å². The number of hydrogen-bond acceptors (Lipinski definition) is 4. The van der Waals surface area contributed by atoms with Crippen molar-refractivity contribution in [3.8, 4) is 5.75 Å². The van der Waals surface area contributed by atoms with E-state index in [0.29, 0.717) is 25.4 Å². The van der Waals surface area contributed by atoms with Crippen LogP contribution in [0.15, 0.2) is 23.4 Å². The minimum Gasteiger partial charge on any atom is -0.491 e. The smallest absolute Gasteiger partial charge is 0.170 e. The third kappa shape index (κ3) is 3.96. The molecule has 0 aromatic heterocycles. The first-order valence-electron chi connectivity index (χ1n) is 5.48. The van der Waals surface area contributed by atoms with E-state index in [-0.39, 0.29) is 5.84 Å². The summed E-state index contributed by atoms with van der Waals surface area (Å²) < 4.78 is 10.7. The van der Waals surface area contributed by atoms with Gasteiger partial charge in [0, 0.05) is 12.2 Å². The van der Waals surface area contributed by atoms with Crippen molar-refractivity contribution >= 4 is 5.84 Å². The van der Waals surface area contributed by atoms with Crippen LogP contribution in [0.2, 0.25) is 0 Å². The Kier molecular flexibility index (Phi) is 5.29.